The molecule has 0 saturated heterocycles. The van der Waals surface area contributed by atoms with Gasteiger partial charge >= 0.3 is 0 Å². The quantitative estimate of drug-likeness (QED) is 0.561. The number of rotatable bonds is 5. The first kappa shape index (κ1) is 17.9. The van der Waals surface area contributed by atoms with Crippen molar-refractivity contribution < 1.29 is 9.90 Å². The Bertz CT molecular complexity index is 1110. The van der Waals surface area contributed by atoms with E-state index >= 15 is 0 Å². The highest BCUT2D eigenvalue weighted by Gasteiger charge is 2.19. The molecule has 0 aliphatic carbocycles. The number of hydrogen-bond acceptors (Lipinski definition) is 4. The molecule has 7 heteroatoms. The van der Waals surface area contributed by atoms with Crippen molar-refractivity contribution in [2.24, 2.45) is 0 Å². The lowest BCUT2D eigenvalue weighted by Crippen LogP contribution is -2.22. The Labute approximate surface area is 162 Å². The van der Waals surface area contributed by atoms with E-state index in [2.05, 4.69) is 15.3 Å². The summed E-state index contributed by atoms with van der Waals surface area (Å²) in [6, 6.07) is 11.1. The van der Waals surface area contributed by atoms with Crippen molar-refractivity contribution in [1.29, 1.82) is 0 Å². The molecular weight excluding hydrogens is 354 g/mol. The van der Waals surface area contributed by atoms with Crippen LogP contribution >= 0.6 is 0 Å². The molecule has 0 spiro atoms. The maximum absolute atomic E-state index is 12.6. The molecule has 4 aromatic rings. The van der Waals surface area contributed by atoms with Gasteiger partial charge in [-0.2, -0.15) is 0 Å². The highest BCUT2D eigenvalue weighted by Crippen LogP contribution is 2.23. The van der Waals surface area contributed by atoms with Crippen LogP contribution < -0.4 is 5.32 Å². The van der Waals surface area contributed by atoms with Crippen LogP contribution in [-0.2, 0) is 5.41 Å². The SMILES string of the molecule is CC(C)(CO)c1ccc(C(=O)Nc2cn3cc(-n4ccnc4)ccc3n2)cc1. The Morgan fingerprint density at radius 2 is 1.93 bits per heavy atom. The molecule has 28 heavy (non-hydrogen) atoms. The van der Waals surface area contributed by atoms with E-state index in [4.69, 9.17) is 0 Å². The molecule has 2 N–H and O–H groups in total. The number of amides is 1. The predicted molar refractivity (Wildman–Crippen MR) is 107 cm³/mol. The lowest BCUT2D eigenvalue weighted by atomic mass is 9.85. The van der Waals surface area contributed by atoms with Gasteiger partial charge in [-0.3, -0.25) is 4.79 Å². The first-order valence-corrected chi connectivity index (χ1v) is 8.96. The summed E-state index contributed by atoms with van der Waals surface area (Å²) >= 11 is 0. The Morgan fingerprint density at radius 1 is 1.14 bits per heavy atom. The van der Waals surface area contributed by atoms with Crippen LogP contribution in [0.4, 0.5) is 5.82 Å². The number of pyridine rings is 1. The summed E-state index contributed by atoms with van der Waals surface area (Å²) in [5.74, 6) is 0.249. The zero-order valence-electron chi connectivity index (χ0n) is 15.7. The number of carbonyl (C=O) groups is 1. The highest BCUT2D eigenvalue weighted by atomic mass is 16.3. The standard InChI is InChI=1S/C21H21N5O2/c1-21(2,13-27)16-5-3-15(4-6-16)20(28)24-18-12-26-11-17(7-8-19(26)23-18)25-10-9-22-14-25/h3-12,14,27H,13H2,1-2H3,(H,24,28). The average Bonchev–Trinajstić information content (AvgIpc) is 3.37. The number of anilines is 1. The number of aromatic nitrogens is 4. The van der Waals surface area contributed by atoms with Gasteiger partial charge in [0.15, 0.2) is 5.82 Å². The highest BCUT2D eigenvalue weighted by molar-refractivity contribution is 6.03. The molecule has 0 unspecified atom stereocenters. The van der Waals surface area contributed by atoms with Crippen molar-refractivity contribution in [3.05, 3.63) is 78.6 Å². The predicted octanol–water partition coefficient (Wildman–Crippen LogP) is 3.04. The molecule has 4 rings (SSSR count). The van der Waals surface area contributed by atoms with Crippen LogP contribution in [-0.4, -0.2) is 36.6 Å². The summed E-state index contributed by atoms with van der Waals surface area (Å²) in [5.41, 5.74) is 2.85. The third kappa shape index (κ3) is 3.39. The van der Waals surface area contributed by atoms with Crippen molar-refractivity contribution in [1.82, 2.24) is 18.9 Å². The zero-order valence-corrected chi connectivity index (χ0v) is 15.7. The first-order chi connectivity index (χ1) is 13.5. The van der Waals surface area contributed by atoms with Crippen LogP contribution in [0.2, 0.25) is 0 Å². The molecule has 0 aliphatic rings. The lowest BCUT2D eigenvalue weighted by Gasteiger charge is -2.22. The maximum Gasteiger partial charge on any atom is 0.256 e. The van der Waals surface area contributed by atoms with Crippen molar-refractivity contribution in [3.63, 3.8) is 0 Å². The second kappa shape index (κ2) is 6.94. The third-order valence-electron chi connectivity index (χ3n) is 4.80. The topological polar surface area (TPSA) is 84.5 Å². The summed E-state index contributed by atoms with van der Waals surface area (Å²) in [5, 5.41) is 12.3. The smallest absolute Gasteiger partial charge is 0.256 e. The zero-order chi connectivity index (χ0) is 19.7. The van der Waals surface area contributed by atoms with Crippen molar-refractivity contribution in [2.75, 3.05) is 11.9 Å². The van der Waals surface area contributed by atoms with Crippen LogP contribution in [0.5, 0.6) is 0 Å². The van der Waals surface area contributed by atoms with Crippen molar-refractivity contribution in [2.45, 2.75) is 19.3 Å². The number of hydrogen-bond donors (Lipinski definition) is 2. The average molecular weight is 375 g/mol. The molecule has 1 amide bonds. The molecule has 0 saturated carbocycles. The number of aliphatic hydroxyl groups is 1. The van der Waals surface area contributed by atoms with E-state index in [1.807, 2.05) is 59.5 Å². The van der Waals surface area contributed by atoms with Gasteiger partial charge in [0, 0.05) is 29.6 Å². The van der Waals surface area contributed by atoms with Gasteiger partial charge in [-0.15, -0.1) is 0 Å². The lowest BCUT2D eigenvalue weighted by molar-refractivity contribution is 0.102. The molecule has 7 nitrogen and oxygen atoms in total. The van der Waals surface area contributed by atoms with Gasteiger partial charge < -0.3 is 19.4 Å². The molecule has 3 heterocycles. The van der Waals surface area contributed by atoms with E-state index in [1.54, 1.807) is 30.9 Å². The Kier molecular flexibility index (Phi) is 4.44. The molecule has 0 aliphatic heterocycles. The van der Waals surface area contributed by atoms with Gasteiger partial charge in [0.25, 0.3) is 5.91 Å². The summed E-state index contributed by atoms with van der Waals surface area (Å²) in [7, 11) is 0. The minimum absolute atomic E-state index is 0.0425. The normalized spacial score (nSPS) is 11.7. The molecule has 0 radical (unpaired) electrons. The van der Waals surface area contributed by atoms with Gasteiger partial charge in [0.2, 0.25) is 0 Å². The summed E-state index contributed by atoms with van der Waals surface area (Å²) in [6.07, 6.45) is 9.00. The van der Waals surface area contributed by atoms with Crippen LogP contribution in [0.15, 0.2) is 67.5 Å². The van der Waals surface area contributed by atoms with Crippen LogP contribution in [0, 0.1) is 0 Å². The number of fused-ring (bicyclic) bond motifs is 1. The van der Waals surface area contributed by atoms with E-state index in [1.165, 1.54) is 0 Å². The number of nitrogens with one attached hydrogen (secondary N) is 1. The van der Waals surface area contributed by atoms with E-state index in [0.29, 0.717) is 11.4 Å². The monoisotopic (exact) mass is 375 g/mol. The molecule has 142 valence electrons. The molecule has 1 aromatic carbocycles. The molecule has 0 atom stereocenters. The maximum atomic E-state index is 12.6. The summed E-state index contributed by atoms with van der Waals surface area (Å²) < 4.78 is 3.75. The Morgan fingerprint density at radius 3 is 2.61 bits per heavy atom. The minimum Gasteiger partial charge on any atom is -0.395 e. The summed E-state index contributed by atoms with van der Waals surface area (Å²) in [4.78, 5) is 21.0. The number of nitrogens with zero attached hydrogens (tertiary/aromatic N) is 4. The number of aliphatic hydroxyl groups excluding tert-OH is 1. The van der Waals surface area contributed by atoms with Gasteiger partial charge in [-0.1, -0.05) is 26.0 Å². The largest absolute Gasteiger partial charge is 0.395 e. The fourth-order valence-electron chi connectivity index (χ4n) is 2.96. The van der Waals surface area contributed by atoms with E-state index in [-0.39, 0.29) is 17.9 Å². The second-order valence-electron chi connectivity index (χ2n) is 7.32. The van der Waals surface area contributed by atoms with Gasteiger partial charge in [-0.05, 0) is 29.8 Å². The first-order valence-electron chi connectivity index (χ1n) is 8.96. The van der Waals surface area contributed by atoms with E-state index < -0.39 is 0 Å². The van der Waals surface area contributed by atoms with Gasteiger partial charge in [0.05, 0.1) is 24.8 Å². The molecule has 0 bridgehead atoms. The summed E-state index contributed by atoms with van der Waals surface area (Å²) in [6.45, 7) is 3.95. The number of benzene rings is 1. The van der Waals surface area contributed by atoms with E-state index in [0.717, 1.165) is 16.9 Å². The minimum atomic E-state index is -0.344. The second-order valence-corrected chi connectivity index (χ2v) is 7.32. The van der Waals surface area contributed by atoms with Crippen molar-refractivity contribution in [3.8, 4) is 5.69 Å². The third-order valence-corrected chi connectivity index (χ3v) is 4.80. The number of carbonyl (C=O) groups excluding carboxylic acids is 1. The van der Waals surface area contributed by atoms with Crippen molar-refractivity contribution >= 4 is 17.4 Å². The Balaban J connectivity index is 1.53. The van der Waals surface area contributed by atoms with Crippen LogP contribution in [0.3, 0.4) is 0 Å². The fraction of sp³-hybridized carbons (Fsp3) is 0.190. The van der Waals surface area contributed by atoms with Gasteiger partial charge in [-0.25, -0.2) is 9.97 Å². The fourth-order valence-corrected chi connectivity index (χ4v) is 2.96. The molecule has 0 fully saturated rings. The molecule has 3 aromatic heterocycles. The number of imidazole rings is 2. The van der Waals surface area contributed by atoms with Crippen LogP contribution in [0.1, 0.15) is 29.8 Å². The van der Waals surface area contributed by atoms with Crippen LogP contribution in [0.25, 0.3) is 11.3 Å². The van der Waals surface area contributed by atoms with Gasteiger partial charge in [0.1, 0.15) is 5.65 Å². The Hall–Kier alpha value is -3.45. The molecular formula is C21H21N5O2. The van der Waals surface area contributed by atoms with E-state index in [9.17, 15) is 9.90 Å².